The minimum atomic E-state index is -2.88. The molecule has 0 fully saturated rings. The van der Waals surface area contributed by atoms with Crippen molar-refractivity contribution < 1.29 is 13.2 Å². The fourth-order valence-electron chi connectivity index (χ4n) is 1.18. The first-order valence-corrected chi connectivity index (χ1v) is 8.09. The van der Waals surface area contributed by atoms with Crippen molar-refractivity contribution in [3.63, 3.8) is 0 Å². The van der Waals surface area contributed by atoms with E-state index in [1.807, 2.05) is 24.3 Å². The van der Waals surface area contributed by atoms with E-state index in [2.05, 4.69) is 21.2 Å². The Kier molecular flexibility index (Phi) is 5.94. The summed E-state index contributed by atoms with van der Waals surface area (Å²) in [5.74, 6) is 0.952. The van der Waals surface area contributed by atoms with Gasteiger partial charge in [0, 0.05) is 23.8 Å². The summed E-state index contributed by atoms with van der Waals surface area (Å²) < 4.78 is 28.1. The predicted octanol–water partition coefficient (Wildman–Crippen LogP) is 1.46. The third kappa shape index (κ3) is 7.36. The van der Waals surface area contributed by atoms with Crippen LogP contribution in [0.2, 0.25) is 0 Å². The largest absolute Gasteiger partial charge is 0.492 e. The highest BCUT2D eigenvalue weighted by Crippen LogP contribution is 2.17. The van der Waals surface area contributed by atoms with E-state index in [0.29, 0.717) is 19.7 Å². The molecular weight excluding hydrogens is 306 g/mol. The molecule has 1 N–H and O–H groups in total. The van der Waals surface area contributed by atoms with Gasteiger partial charge in [0.05, 0.1) is 5.75 Å². The molecule has 1 aromatic rings. The molecule has 17 heavy (non-hydrogen) atoms. The molecule has 0 unspecified atom stereocenters. The van der Waals surface area contributed by atoms with Crippen LogP contribution in [0, 0.1) is 0 Å². The van der Waals surface area contributed by atoms with E-state index < -0.39 is 9.84 Å². The summed E-state index contributed by atoms with van der Waals surface area (Å²) in [6.07, 6.45) is 1.23. The van der Waals surface area contributed by atoms with Crippen molar-refractivity contribution in [3.05, 3.63) is 28.7 Å². The summed E-state index contributed by atoms with van der Waals surface area (Å²) in [7, 11) is -2.88. The van der Waals surface area contributed by atoms with Crippen LogP contribution in [-0.4, -0.2) is 40.1 Å². The highest BCUT2D eigenvalue weighted by Gasteiger charge is 2.00. The van der Waals surface area contributed by atoms with Crippen molar-refractivity contribution in [3.8, 4) is 5.75 Å². The topological polar surface area (TPSA) is 55.4 Å². The first kappa shape index (κ1) is 14.5. The molecular formula is C11H16BrNO3S. The van der Waals surface area contributed by atoms with Gasteiger partial charge in [-0.15, -0.1) is 0 Å². The molecule has 1 rings (SSSR count). The lowest BCUT2D eigenvalue weighted by molar-refractivity contribution is 0.315. The number of hydrogen-bond acceptors (Lipinski definition) is 4. The van der Waals surface area contributed by atoms with Gasteiger partial charge in [-0.3, -0.25) is 0 Å². The molecule has 96 valence electrons. The Morgan fingerprint density at radius 1 is 1.35 bits per heavy atom. The molecule has 0 bridgehead atoms. The SMILES string of the molecule is CS(=O)(=O)CCNCCOc1cccc(Br)c1. The van der Waals surface area contributed by atoms with Gasteiger partial charge in [0.25, 0.3) is 0 Å². The second-order valence-corrected chi connectivity index (χ2v) is 6.86. The van der Waals surface area contributed by atoms with Crippen LogP contribution in [-0.2, 0) is 9.84 Å². The summed E-state index contributed by atoms with van der Waals surface area (Å²) >= 11 is 3.36. The molecule has 0 atom stereocenters. The van der Waals surface area contributed by atoms with Crippen molar-refractivity contribution in [2.24, 2.45) is 0 Å². The summed E-state index contributed by atoms with van der Waals surface area (Å²) in [5.41, 5.74) is 0. The fraction of sp³-hybridized carbons (Fsp3) is 0.455. The second-order valence-electron chi connectivity index (χ2n) is 3.69. The van der Waals surface area contributed by atoms with Crippen LogP contribution in [0.4, 0.5) is 0 Å². The van der Waals surface area contributed by atoms with Crippen LogP contribution < -0.4 is 10.1 Å². The van der Waals surface area contributed by atoms with E-state index in [9.17, 15) is 8.42 Å². The summed E-state index contributed by atoms with van der Waals surface area (Å²) in [6, 6.07) is 7.59. The van der Waals surface area contributed by atoms with Gasteiger partial charge in [0.15, 0.2) is 0 Å². The van der Waals surface area contributed by atoms with Crippen LogP contribution in [0.1, 0.15) is 0 Å². The minimum absolute atomic E-state index is 0.157. The summed E-state index contributed by atoms with van der Waals surface area (Å²) in [4.78, 5) is 0. The average molecular weight is 322 g/mol. The standard InChI is InChI=1S/C11H16BrNO3S/c1-17(14,15)8-6-13-5-7-16-11-4-2-3-10(12)9-11/h2-4,9,13H,5-8H2,1H3. The minimum Gasteiger partial charge on any atom is -0.492 e. The van der Waals surface area contributed by atoms with Crippen molar-refractivity contribution in [1.29, 1.82) is 0 Å². The Bertz CT molecular complexity index is 448. The maximum atomic E-state index is 10.8. The number of hydrogen-bond donors (Lipinski definition) is 1. The third-order valence-corrected chi connectivity index (χ3v) is 3.43. The number of benzene rings is 1. The zero-order chi connectivity index (χ0) is 12.7. The van der Waals surface area contributed by atoms with Crippen molar-refractivity contribution >= 4 is 25.8 Å². The Balaban J connectivity index is 2.13. The summed E-state index contributed by atoms with van der Waals surface area (Å²) in [5, 5.41) is 3.01. The molecule has 0 amide bonds. The zero-order valence-corrected chi connectivity index (χ0v) is 12.1. The van der Waals surface area contributed by atoms with E-state index in [1.165, 1.54) is 6.26 Å². The second kappa shape index (κ2) is 6.98. The van der Waals surface area contributed by atoms with Gasteiger partial charge in [-0.05, 0) is 18.2 Å². The van der Waals surface area contributed by atoms with E-state index in [-0.39, 0.29) is 5.75 Å². The van der Waals surface area contributed by atoms with Crippen LogP contribution in [0.5, 0.6) is 5.75 Å². The van der Waals surface area contributed by atoms with Gasteiger partial charge in [-0.1, -0.05) is 22.0 Å². The van der Waals surface area contributed by atoms with Gasteiger partial charge in [0.2, 0.25) is 0 Å². The number of sulfone groups is 1. The first-order valence-electron chi connectivity index (χ1n) is 5.24. The van der Waals surface area contributed by atoms with E-state index in [1.54, 1.807) is 0 Å². The van der Waals surface area contributed by atoms with Crippen LogP contribution >= 0.6 is 15.9 Å². The quantitative estimate of drug-likeness (QED) is 0.772. The number of rotatable bonds is 7. The maximum Gasteiger partial charge on any atom is 0.148 e. The monoisotopic (exact) mass is 321 g/mol. The fourth-order valence-corrected chi connectivity index (χ4v) is 2.07. The molecule has 0 aliphatic carbocycles. The highest BCUT2D eigenvalue weighted by molar-refractivity contribution is 9.10. The van der Waals surface area contributed by atoms with Crippen LogP contribution in [0.15, 0.2) is 28.7 Å². The van der Waals surface area contributed by atoms with Crippen molar-refractivity contribution in [2.75, 3.05) is 31.7 Å². The lowest BCUT2D eigenvalue weighted by Gasteiger charge is -2.07. The molecule has 0 aliphatic rings. The van der Waals surface area contributed by atoms with E-state index >= 15 is 0 Å². The molecule has 0 aromatic heterocycles. The van der Waals surface area contributed by atoms with Crippen LogP contribution in [0.3, 0.4) is 0 Å². The molecule has 6 heteroatoms. The Hall–Kier alpha value is -0.590. The Morgan fingerprint density at radius 2 is 2.12 bits per heavy atom. The molecule has 0 radical (unpaired) electrons. The molecule has 0 spiro atoms. The maximum absolute atomic E-state index is 10.8. The molecule has 1 aromatic carbocycles. The Labute approximate surface area is 110 Å². The lowest BCUT2D eigenvalue weighted by atomic mass is 10.3. The smallest absolute Gasteiger partial charge is 0.148 e. The molecule has 0 saturated carbocycles. The number of nitrogens with one attached hydrogen (secondary N) is 1. The predicted molar refractivity (Wildman–Crippen MR) is 72.2 cm³/mol. The average Bonchev–Trinajstić information content (AvgIpc) is 2.22. The van der Waals surface area contributed by atoms with Gasteiger partial charge in [-0.25, -0.2) is 8.42 Å². The third-order valence-electron chi connectivity index (χ3n) is 1.99. The van der Waals surface area contributed by atoms with E-state index in [4.69, 9.17) is 4.74 Å². The molecule has 0 heterocycles. The number of ether oxygens (including phenoxy) is 1. The number of halogens is 1. The van der Waals surface area contributed by atoms with Gasteiger partial charge >= 0.3 is 0 Å². The van der Waals surface area contributed by atoms with E-state index in [0.717, 1.165) is 10.2 Å². The normalized spacial score (nSPS) is 11.4. The van der Waals surface area contributed by atoms with Gasteiger partial charge in [-0.2, -0.15) is 0 Å². The molecule has 0 aliphatic heterocycles. The van der Waals surface area contributed by atoms with Gasteiger partial charge in [0.1, 0.15) is 22.2 Å². The first-order chi connectivity index (χ1) is 7.97. The molecule has 0 saturated heterocycles. The van der Waals surface area contributed by atoms with Crippen molar-refractivity contribution in [2.45, 2.75) is 0 Å². The molecule has 4 nitrogen and oxygen atoms in total. The Morgan fingerprint density at radius 3 is 2.76 bits per heavy atom. The van der Waals surface area contributed by atoms with Crippen molar-refractivity contribution in [1.82, 2.24) is 5.32 Å². The van der Waals surface area contributed by atoms with Crippen LogP contribution in [0.25, 0.3) is 0 Å². The highest BCUT2D eigenvalue weighted by atomic mass is 79.9. The zero-order valence-electron chi connectivity index (χ0n) is 9.65. The lowest BCUT2D eigenvalue weighted by Crippen LogP contribution is -2.26. The van der Waals surface area contributed by atoms with Gasteiger partial charge < -0.3 is 10.1 Å². The summed E-state index contributed by atoms with van der Waals surface area (Å²) in [6.45, 7) is 1.60.